The molecule has 0 saturated carbocycles. The number of sulfonamides is 1. The van der Waals surface area contributed by atoms with Crippen LogP contribution in [0.3, 0.4) is 0 Å². The van der Waals surface area contributed by atoms with Crippen molar-refractivity contribution in [2.24, 2.45) is 0 Å². The smallest absolute Gasteiger partial charge is 0.243 e. The van der Waals surface area contributed by atoms with Gasteiger partial charge in [-0.2, -0.15) is 4.31 Å². The van der Waals surface area contributed by atoms with Gasteiger partial charge in [-0.1, -0.05) is 41.9 Å². The number of aliphatic hydroxyl groups excluding tert-OH is 1. The first kappa shape index (κ1) is 22.7. The third-order valence-electron chi connectivity index (χ3n) is 6.40. The molecule has 2 atom stereocenters. The molecule has 0 aromatic heterocycles. The first-order chi connectivity index (χ1) is 14.8. The Kier molecular flexibility index (Phi) is 6.72. The largest absolute Gasteiger partial charge is 0.390 e. The first-order valence-electron chi connectivity index (χ1n) is 10.7. The topological polar surface area (TPSA) is 64.1 Å². The predicted molar refractivity (Wildman–Crippen MR) is 123 cm³/mol. The molecule has 2 aliphatic heterocycles. The average Bonchev–Trinajstić information content (AvgIpc) is 3.11. The van der Waals surface area contributed by atoms with Crippen LogP contribution in [0.15, 0.2) is 47.4 Å². The molecule has 2 aromatic rings. The molecule has 0 amide bonds. The van der Waals surface area contributed by atoms with Crippen LogP contribution < -0.4 is 0 Å². The van der Waals surface area contributed by atoms with Gasteiger partial charge in [-0.25, -0.2) is 8.42 Å². The van der Waals surface area contributed by atoms with Crippen LogP contribution in [-0.4, -0.2) is 79.0 Å². The first-order valence-corrected chi connectivity index (χ1v) is 12.5. The van der Waals surface area contributed by atoms with Gasteiger partial charge in [-0.3, -0.25) is 9.80 Å². The summed E-state index contributed by atoms with van der Waals surface area (Å²) in [5, 5.41) is 11.2. The van der Waals surface area contributed by atoms with Crippen molar-refractivity contribution < 1.29 is 13.5 Å². The van der Waals surface area contributed by atoms with Gasteiger partial charge >= 0.3 is 0 Å². The Bertz CT molecular complexity index is 1020. The van der Waals surface area contributed by atoms with Crippen molar-refractivity contribution in [1.29, 1.82) is 0 Å². The molecular formula is C23H30ClN3O3S. The van der Waals surface area contributed by atoms with Crippen LogP contribution >= 0.6 is 11.6 Å². The monoisotopic (exact) mass is 463 g/mol. The summed E-state index contributed by atoms with van der Waals surface area (Å²) in [6.07, 6.45) is -0.423. The van der Waals surface area contributed by atoms with Gasteiger partial charge in [0.15, 0.2) is 0 Å². The minimum atomic E-state index is -3.57. The van der Waals surface area contributed by atoms with Gasteiger partial charge in [0.25, 0.3) is 0 Å². The minimum absolute atomic E-state index is 0.0353. The SMILES string of the molecule is Cc1cc(S(=O)(=O)N2CCN([C@@H]3CN(Cc4ccccc4)CC3O)CC2)c(C)cc1Cl. The van der Waals surface area contributed by atoms with E-state index in [1.807, 2.05) is 25.1 Å². The Hall–Kier alpha value is -1.48. The molecule has 0 spiro atoms. The molecular weight excluding hydrogens is 434 g/mol. The predicted octanol–water partition coefficient (Wildman–Crippen LogP) is 2.51. The summed E-state index contributed by atoms with van der Waals surface area (Å²) in [5.41, 5.74) is 2.66. The summed E-state index contributed by atoms with van der Waals surface area (Å²) < 4.78 is 28.0. The Morgan fingerprint density at radius 3 is 2.35 bits per heavy atom. The maximum Gasteiger partial charge on any atom is 0.243 e. The van der Waals surface area contributed by atoms with Crippen molar-refractivity contribution in [3.05, 3.63) is 64.2 Å². The highest BCUT2D eigenvalue weighted by atomic mass is 35.5. The van der Waals surface area contributed by atoms with E-state index in [1.165, 1.54) is 5.56 Å². The zero-order valence-electron chi connectivity index (χ0n) is 18.0. The van der Waals surface area contributed by atoms with Crippen molar-refractivity contribution in [1.82, 2.24) is 14.1 Å². The number of halogens is 1. The van der Waals surface area contributed by atoms with Crippen molar-refractivity contribution in [3.63, 3.8) is 0 Å². The van der Waals surface area contributed by atoms with Crippen LogP contribution in [0.4, 0.5) is 0 Å². The fourth-order valence-corrected chi connectivity index (χ4v) is 6.56. The zero-order chi connectivity index (χ0) is 22.2. The number of β-amino-alcohol motifs (C(OH)–C–C–N with tert-alkyl or cyclic N) is 1. The summed E-state index contributed by atoms with van der Waals surface area (Å²) in [6, 6.07) is 13.7. The molecule has 1 unspecified atom stereocenters. The van der Waals surface area contributed by atoms with Crippen molar-refractivity contribution in [2.75, 3.05) is 39.3 Å². The van der Waals surface area contributed by atoms with Crippen LogP contribution in [0.25, 0.3) is 0 Å². The average molecular weight is 464 g/mol. The highest BCUT2D eigenvalue weighted by molar-refractivity contribution is 7.89. The Morgan fingerprint density at radius 1 is 1.00 bits per heavy atom. The second-order valence-electron chi connectivity index (χ2n) is 8.62. The molecule has 2 aromatic carbocycles. The number of aliphatic hydroxyl groups is 1. The normalized spacial score (nSPS) is 24.0. The van der Waals surface area contributed by atoms with Gasteiger partial charge in [-0.15, -0.1) is 0 Å². The second kappa shape index (κ2) is 9.17. The number of hydrogen-bond donors (Lipinski definition) is 1. The molecule has 2 aliphatic rings. The quantitative estimate of drug-likeness (QED) is 0.738. The van der Waals surface area contributed by atoms with E-state index in [0.717, 1.165) is 18.7 Å². The molecule has 2 heterocycles. The highest BCUT2D eigenvalue weighted by Crippen LogP contribution is 2.28. The highest BCUT2D eigenvalue weighted by Gasteiger charge is 2.38. The summed E-state index contributed by atoms with van der Waals surface area (Å²) in [6.45, 7) is 7.93. The molecule has 31 heavy (non-hydrogen) atoms. The number of rotatable bonds is 5. The standard InChI is InChI=1S/C23H30ClN3O3S/c1-17-13-23(18(2)12-20(17)24)31(29,30)27-10-8-26(9-11-27)21-15-25(16-22(21)28)14-19-6-4-3-5-7-19/h3-7,12-13,21-22,28H,8-11,14-16H2,1-2H3/t21-,22?/m1/s1. The summed E-state index contributed by atoms with van der Waals surface area (Å²) in [4.78, 5) is 4.84. The van der Waals surface area contributed by atoms with Crippen LogP contribution in [0.1, 0.15) is 16.7 Å². The molecule has 168 valence electrons. The second-order valence-corrected chi connectivity index (χ2v) is 10.9. The van der Waals surface area contributed by atoms with Gasteiger partial charge in [0.05, 0.1) is 11.0 Å². The van der Waals surface area contributed by atoms with E-state index in [2.05, 4.69) is 21.9 Å². The Balaban J connectivity index is 1.39. The summed E-state index contributed by atoms with van der Waals surface area (Å²) in [7, 11) is -3.57. The lowest BCUT2D eigenvalue weighted by atomic mass is 10.1. The number of likely N-dealkylation sites (tertiary alicyclic amines) is 1. The number of hydrogen-bond acceptors (Lipinski definition) is 5. The molecule has 1 N–H and O–H groups in total. The fourth-order valence-electron chi connectivity index (χ4n) is 4.62. The molecule has 2 saturated heterocycles. The lowest BCUT2D eigenvalue weighted by Gasteiger charge is -2.38. The number of aryl methyl sites for hydroxylation is 2. The number of benzene rings is 2. The van der Waals surface area contributed by atoms with E-state index in [-0.39, 0.29) is 6.04 Å². The molecule has 6 nitrogen and oxygen atoms in total. The summed E-state index contributed by atoms with van der Waals surface area (Å²) in [5.74, 6) is 0. The Labute approximate surface area is 190 Å². The molecule has 8 heteroatoms. The van der Waals surface area contributed by atoms with Gasteiger partial charge in [0.2, 0.25) is 10.0 Å². The molecule has 4 rings (SSSR count). The van der Waals surface area contributed by atoms with Crippen molar-refractivity contribution >= 4 is 21.6 Å². The van der Waals surface area contributed by atoms with Gasteiger partial charge in [-0.05, 0) is 42.7 Å². The van der Waals surface area contributed by atoms with Crippen LogP contribution in [0.5, 0.6) is 0 Å². The zero-order valence-corrected chi connectivity index (χ0v) is 19.6. The fraction of sp³-hybridized carbons (Fsp3) is 0.478. The third kappa shape index (κ3) is 4.82. The van der Waals surface area contributed by atoms with Gasteiger partial charge in [0, 0.05) is 56.9 Å². The van der Waals surface area contributed by atoms with E-state index in [0.29, 0.717) is 48.2 Å². The van der Waals surface area contributed by atoms with Crippen molar-refractivity contribution in [2.45, 2.75) is 37.4 Å². The molecule has 2 fully saturated rings. The van der Waals surface area contributed by atoms with Crippen LogP contribution in [0.2, 0.25) is 5.02 Å². The van der Waals surface area contributed by atoms with Gasteiger partial charge in [0.1, 0.15) is 0 Å². The van der Waals surface area contributed by atoms with Crippen molar-refractivity contribution in [3.8, 4) is 0 Å². The molecule has 0 radical (unpaired) electrons. The van der Waals surface area contributed by atoms with E-state index >= 15 is 0 Å². The maximum absolute atomic E-state index is 13.2. The minimum Gasteiger partial charge on any atom is -0.390 e. The Morgan fingerprint density at radius 2 is 1.68 bits per heavy atom. The molecule has 0 bridgehead atoms. The number of nitrogens with zero attached hydrogens (tertiary/aromatic N) is 3. The number of piperazine rings is 1. The van der Waals surface area contributed by atoms with E-state index in [4.69, 9.17) is 11.6 Å². The lowest BCUT2D eigenvalue weighted by Crippen LogP contribution is -2.54. The molecule has 0 aliphatic carbocycles. The van der Waals surface area contributed by atoms with E-state index < -0.39 is 16.1 Å². The summed E-state index contributed by atoms with van der Waals surface area (Å²) >= 11 is 6.15. The third-order valence-corrected chi connectivity index (χ3v) is 8.85. The van der Waals surface area contributed by atoms with Gasteiger partial charge < -0.3 is 5.11 Å². The van der Waals surface area contributed by atoms with Crippen LogP contribution in [0, 0.1) is 13.8 Å². The van der Waals surface area contributed by atoms with E-state index in [1.54, 1.807) is 23.4 Å². The lowest BCUT2D eigenvalue weighted by molar-refractivity contribution is 0.0618. The van der Waals surface area contributed by atoms with E-state index in [9.17, 15) is 13.5 Å². The van der Waals surface area contributed by atoms with Crippen LogP contribution in [-0.2, 0) is 16.6 Å². The maximum atomic E-state index is 13.2.